The Kier molecular flexibility index (Phi) is 6.30. The fourth-order valence-electron chi connectivity index (χ4n) is 3.69. The molecular weight excluding hydrogens is 386 g/mol. The second-order valence-corrected chi connectivity index (χ2v) is 6.94. The molecule has 0 spiro atoms. The molecule has 7 nitrogen and oxygen atoms in total. The van der Waals surface area contributed by atoms with E-state index in [0.717, 1.165) is 5.56 Å². The summed E-state index contributed by atoms with van der Waals surface area (Å²) in [5.74, 6) is 0.413. The van der Waals surface area contributed by atoms with Crippen molar-refractivity contribution >= 4 is 11.7 Å². The number of nitrogens with zero attached hydrogens (tertiary/aromatic N) is 1. The van der Waals surface area contributed by atoms with E-state index in [1.165, 1.54) is 11.8 Å². The molecule has 1 N–H and O–H groups in total. The smallest absolute Gasteiger partial charge is 0.290 e. The number of ketones is 1. The Morgan fingerprint density at radius 2 is 1.77 bits per heavy atom. The van der Waals surface area contributed by atoms with Gasteiger partial charge in [-0.2, -0.15) is 0 Å². The zero-order valence-corrected chi connectivity index (χ0v) is 17.5. The van der Waals surface area contributed by atoms with Crippen molar-refractivity contribution in [2.45, 2.75) is 19.4 Å². The van der Waals surface area contributed by atoms with E-state index in [1.807, 2.05) is 18.2 Å². The van der Waals surface area contributed by atoms with E-state index in [9.17, 15) is 14.7 Å². The quantitative estimate of drug-likeness (QED) is 0.718. The molecule has 0 fully saturated rings. The first-order valence-electron chi connectivity index (χ1n) is 9.51. The maximum absolute atomic E-state index is 12.8. The average molecular weight is 411 g/mol. The third-order valence-corrected chi connectivity index (χ3v) is 5.18. The summed E-state index contributed by atoms with van der Waals surface area (Å²) >= 11 is 0. The van der Waals surface area contributed by atoms with Gasteiger partial charge in [0.05, 0.1) is 32.9 Å². The number of aliphatic hydroxyl groups excluding tert-OH is 1. The topological polar surface area (TPSA) is 85.3 Å². The van der Waals surface area contributed by atoms with Gasteiger partial charge in [0.15, 0.2) is 23.0 Å². The van der Waals surface area contributed by atoms with Crippen molar-refractivity contribution in [1.82, 2.24) is 4.90 Å². The fourth-order valence-corrected chi connectivity index (χ4v) is 3.69. The molecule has 7 heteroatoms. The minimum absolute atomic E-state index is 0.0977. The number of amides is 1. The van der Waals surface area contributed by atoms with E-state index in [-0.39, 0.29) is 11.4 Å². The molecule has 2 aromatic rings. The summed E-state index contributed by atoms with van der Waals surface area (Å²) in [6, 6.07) is 12.0. The van der Waals surface area contributed by atoms with Crippen molar-refractivity contribution in [3.8, 4) is 17.2 Å². The number of benzene rings is 2. The van der Waals surface area contributed by atoms with Crippen LogP contribution in [0, 0.1) is 0 Å². The Morgan fingerprint density at radius 1 is 1.03 bits per heavy atom. The molecular formula is C23H25NO6. The average Bonchev–Trinajstić information content (AvgIpc) is 3.02. The lowest BCUT2D eigenvalue weighted by Gasteiger charge is -2.27. The Hall–Kier alpha value is -3.48. The van der Waals surface area contributed by atoms with Crippen LogP contribution in [0.3, 0.4) is 0 Å². The molecule has 2 aromatic carbocycles. The minimum Gasteiger partial charge on any atom is -0.503 e. The van der Waals surface area contributed by atoms with E-state index >= 15 is 0 Å². The van der Waals surface area contributed by atoms with Gasteiger partial charge in [0.1, 0.15) is 5.75 Å². The van der Waals surface area contributed by atoms with Crippen LogP contribution in [0.4, 0.5) is 0 Å². The monoisotopic (exact) mass is 411 g/mol. The number of Topliss-reactive ketones (excluding diaryl/α,β-unsaturated/α-hetero) is 1. The summed E-state index contributed by atoms with van der Waals surface area (Å²) in [5, 5.41) is 10.4. The predicted molar refractivity (Wildman–Crippen MR) is 111 cm³/mol. The lowest BCUT2D eigenvalue weighted by Crippen LogP contribution is -2.33. The summed E-state index contributed by atoms with van der Waals surface area (Å²) in [7, 11) is 4.68. The number of ether oxygens (including phenoxy) is 3. The van der Waals surface area contributed by atoms with Crippen LogP contribution >= 0.6 is 0 Å². The van der Waals surface area contributed by atoms with Gasteiger partial charge in [0.2, 0.25) is 0 Å². The first-order valence-corrected chi connectivity index (χ1v) is 9.51. The van der Waals surface area contributed by atoms with Crippen LogP contribution in [0.1, 0.15) is 24.1 Å². The van der Waals surface area contributed by atoms with Gasteiger partial charge in [-0.25, -0.2) is 0 Å². The molecule has 0 bridgehead atoms. The van der Waals surface area contributed by atoms with Crippen LogP contribution in [0.25, 0.3) is 0 Å². The molecule has 30 heavy (non-hydrogen) atoms. The van der Waals surface area contributed by atoms with Gasteiger partial charge in [0.25, 0.3) is 5.91 Å². The van der Waals surface area contributed by atoms with E-state index in [4.69, 9.17) is 14.2 Å². The van der Waals surface area contributed by atoms with Gasteiger partial charge >= 0.3 is 0 Å². The third kappa shape index (κ3) is 3.96. The fraction of sp³-hybridized carbons (Fsp3) is 0.304. The van der Waals surface area contributed by atoms with Gasteiger partial charge < -0.3 is 24.2 Å². The van der Waals surface area contributed by atoms with Crippen LogP contribution < -0.4 is 14.2 Å². The largest absolute Gasteiger partial charge is 0.503 e. The summed E-state index contributed by atoms with van der Waals surface area (Å²) in [6.07, 6.45) is 0.505. The zero-order chi connectivity index (χ0) is 21.8. The molecule has 0 saturated carbocycles. The van der Waals surface area contributed by atoms with Crippen molar-refractivity contribution < 1.29 is 28.9 Å². The standard InChI is InChI=1S/C23H25NO6/c1-14(25)20-21(16-6-5-7-17(13-16)28-2)24(23(27)22(20)26)11-10-15-8-9-18(29-3)19(12-15)30-4/h5-9,12-13,21,26H,10-11H2,1-4H3. The molecule has 0 saturated heterocycles. The van der Waals surface area contributed by atoms with Gasteiger partial charge in [-0.15, -0.1) is 0 Å². The van der Waals surface area contributed by atoms with Gasteiger partial charge in [-0.1, -0.05) is 18.2 Å². The first kappa shape index (κ1) is 21.2. The van der Waals surface area contributed by atoms with Gasteiger partial charge in [-0.3, -0.25) is 9.59 Å². The van der Waals surface area contributed by atoms with Gasteiger partial charge in [0, 0.05) is 6.54 Å². The highest BCUT2D eigenvalue weighted by Crippen LogP contribution is 2.39. The van der Waals surface area contributed by atoms with Gasteiger partial charge in [-0.05, 0) is 48.7 Å². The third-order valence-electron chi connectivity index (χ3n) is 5.18. The van der Waals surface area contributed by atoms with E-state index in [1.54, 1.807) is 45.6 Å². The van der Waals surface area contributed by atoms with Crippen LogP contribution in [-0.4, -0.2) is 49.6 Å². The van der Waals surface area contributed by atoms with Crippen LogP contribution in [0.15, 0.2) is 53.8 Å². The highest BCUT2D eigenvalue weighted by Gasteiger charge is 2.42. The highest BCUT2D eigenvalue weighted by molar-refractivity contribution is 6.08. The first-order chi connectivity index (χ1) is 14.4. The molecule has 1 unspecified atom stereocenters. The number of carbonyl (C=O) groups excluding carboxylic acids is 2. The highest BCUT2D eigenvalue weighted by atomic mass is 16.5. The molecule has 158 valence electrons. The Morgan fingerprint density at radius 3 is 2.40 bits per heavy atom. The van der Waals surface area contributed by atoms with Crippen LogP contribution in [0.2, 0.25) is 0 Å². The zero-order valence-electron chi connectivity index (χ0n) is 17.5. The van der Waals surface area contributed by atoms with E-state index in [2.05, 4.69) is 0 Å². The van der Waals surface area contributed by atoms with Crippen molar-refractivity contribution in [2.75, 3.05) is 27.9 Å². The summed E-state index contributed by atoms with van der Waals surface area (Å²) < 4.78 is 15.9. The molecule has 1 aliphatic heterocycles. The maximum atomic E-state index is 12.8. The van der Waals surface area contributed by atoms with Crippen LogP contribution in [0.5, 0.6) is 17.2 Å². The minimum atomic E-state index is -0.676. The number of carbonyl (C=O) groups is 2. The van der Waals surface area contributed by atoms with Crippen LogP contribution in [-0.2, 0) is 16.0 Å². The summed E-state index contributed by atoms with van der Waals surface area (Å²) in [6.45, 7) is 1.65. The Balaban J connectivity index is 1.92. The molecule has 0 aliphatic carbocycles. The van der Waals surface area contributed by atoms with E-state index < -0.39 is 17.7 Å². The lowest BCUT2D eigenvalue weighted by atomic mass is 9.96. The number of methoxy groups -OCH3 is 3. The van der Waals surface area contributed by atoms with Crippen molar-refractivity contribution in [1.29, 1.82) is 0 Å². The number of hydrogen-bond donors (Lipinski definition) is 1. The SMILES string of the molecule is COc1cccc(C2C(C(C)=O)=C(O)C(=O)N2CCc2ccc(OC)c(OC)c2)c1. The second kappa shape index (κ2) is 8.90. The molecule has 3 rings (SSSR count). The van der Waals surface area contributed by atoms with Crippen molar-refractivity contribution in [3.05, 3.63) is 64.9 Å². The Labute approximate surface area is 175 Å². The molecule has 1 heterocycles. The van der Waals surface area contributed by atoms with Crippen molar-refractivity contribution in [2.24, 2.45) is 0 Å². The molecule has 0 radical (unpaired) electrons. The van der Waals surface area contributed by atoms with E-state index in [0.29, 0.717) is 35.8 Å². The molecule has 1 atom stereocenters. The second-order valence-electron chi connectivity index (χ2n) is 6.94. The maximum Gasteiger partial charge on any atom is 0.290 e. The molecule has 0 aromatic heterocycles. The Bertz CT molecular complexity index is 997. The number of aliphatic hydroxyl groups is 1. The number of hydrogen-bond acceptors (Lipinski definition) is 6. The number of rotatable bonds is 8. The molecule has 1 aliphatic rings. The molecule has 1 amide bonds. The predicted octanol–water partition coefficient (Wildman–Crippen LogP) is 3.24. The van der Waals surface area contributed by atoms with Crippen molar-refractivity contribution in [3.63, 3.8) is 0 Å². The lowest BCUT2D eigenvalue weighted by molar-refractivity contribution is -0.129. The summed E-state index contributed by atoms with van der Waals surface area (Å²) in [5.41, 5.74) is 1.73. The normalized spacial score (nSPS) is 16.1. The summed E-state index contributed by atoms with van der Waals surface area (Å²) in [4.78, 5) is 26.6.